The lowest BCUT2D eigenvalue weighted by atomic mass is 9.78. The maximum absolute atomic E-state index is 15.2. The summed E-state index contributed by atoms with van der Waals surface area (Å²) in [5, 5.41) is 3.34. The summed E-state index contributed by atoms with van der Waals surface area (Å²) in [5.41, 5.74) is 1.13. The second kappa shape index (κ2) is 8.12. The number of carbonyl (C=O) groups excluding carboxylic acids is 1. The number of likely N-dealkylation sites (tertiary alicyclic amines) is 1. The number of anilines is 2. The summed E-state index contributed by atoms with van der Waals surface area (Å²) in [7, 11) is 0. The number of nitrogens with one attached hydrogen (secondary N) is 1. The molecule has 5 nitrogen and oxygen atoms in total. The van der Waals surface area contributed by atoms with Crippen LogP contribution in [0.5, 0.6) is 0 Å². The highest BCUT2D eigenvalue weighted by Crippen LogP contribution is 2.42. The first kappa shape index (κ1) is 20.3. The van der Waals surface area contributed by atoms with Crippen LogP contribution >= 0.6 is 0 Å². The highest BCUT2D eigenvalue weighted by Gasteiger charge is 2.47. The van der Waals surface area contributed by atoms with E-state index in [4.69, 9.17) is 0 Å². The molecule has 4 fully saturated rings. The van der Waals surface area contributed by atoms with Crippen molar-refractivity contribution in [2.45, 2.75) is 64.0 Å². The SMILES string of the molecule is C[C@H]1CCCCN1[C@H]1CCN(c2ccc(N3CCC4(CCNCC4)C3=O)c(F)c2)C1. The first-order valence-electron chi connectivity index (χ1n) is 11.9. The third kappa shape index (κ3) is 3.52. The van der Waals surface area contributed by atoms with Crippen LogP contribution in [0.4, 0.5) is 15.8 Å². The molecular weight excluding hydrogens is 379 g/mol. The highest BCUT2D eigenvalue weighted by atomic mass is 19.1. The fourth-order valence-corrected chi connectivity index (χ4v) is 6.24. The number of nitrogens with zero attached hydrogens (tertiary/aromatic N) is 3. The largest absolute Gasteiger partial charge is 0.370 e. The van der Waals surface area contributed by atoms with Crippen LogP contribution in [0.3, 0.4) is 0 Å². The van der Waals surface area contributed by atoms with Gasteiger partial charge in [-0.15, -0.1) is 0 Å². The van der Waals surface area contributed by atoms with Crippen LogP contribution in [0.1, 0.15) is 51.9 Å². The molecule has 1 amide bonds. The highest BCUT2D eigenvalue weighted by molar-refractivity contribution is 6.00. The number of benzene rings is 1. The molecule has 164 valence electrons. The molecule has 4 saturated heterocycles. The van der Waals surface area contributed by atoms with Gasteiger partial charge in [-0.25, -0.2) is 4.39 Å². The molecule has 1 aromatic rings. The maximum atomic E-state index is 15.2. The minimum atomic E-state index is -0.274. The van der Waals surface area contributed by atoms with E-state index in [1.165, 1.54) is 25.8 Å². The Labute approximate surface area is 179 Å². The molecule has 1 spiro atoms. The van der Waals surface area contributed by atoms with Gasteiger partial charge in [0.15, 0.2) is 0 Å². The van der Waals surface area contributed by atoms with Gasteiger partial charge >= 0.3 is 0 Å². The third-order valence-electron chi connectivity index (χ3n) is 8.15. The smallest absolute Gasteiger partial charge is 0.233 e. The van der Waals surface area contributed by atoms with Crippen molar-refractivity contribution in [2.75, 3.05) is 49.1 Å². The zero-order chi connectivity index (χ0) is 20.7. The Balaban J connectivity index is 1.28. The standard InChI is InChI=1S/C24H35FN4O/c1-18-4-2-3-13-28(18)20-7-14-27(17-20)19-5-6-22(21(25)16-19)29-15-10-24(23(29)30)8-11-26-12-9-24/h5-6,16,18,20,26H,2-4,7-15,17H2,1H3/t18-,20-/m0/s1. The summed E-state index contributed by atoms with van der Waals surface area (Å²) >= 11 is 0. The Bertz CT molecular complexity index is 793. The van der Waals surface area contributed by atoms with Gasteiger partial charge in [-0.3, -0.25) is 9.69 Å². The lowest BCUT2D eigenvalue weighted by molar-refractivity contribution is -0.126. The van der Waals surface area contributed by atoms with Crippen LogP contribution in [0.25, 0.3) is 0 Å². The fraction of sp³-hybridized carbons (Fsp3) is 0.708. The van der Waals surface area contributed by atoms with Gasteiger partial charge in [0.05, 0.1) is 11.1 Å². The van der Waals surface area contributed by atoms with Crippen LogP contribution in [-0.4, -0.2) is 62.2 Å². The Hall–Kier alpha value is -1.66. The van der Waals surface area contributed by atoms with Crippen LogP contribution in [0, 0.1) is 11.2 Å². The van der Waals surface area contributed by atoms with Gasteiger partial charge in [-0.2, -0.15) is 0 Å². The van der Waals surface area contributed by atoms with E-state index >= 15 is 4.39 Å². The Morgan fingerprint density at radius 1 is 1.07 bits per heavy atom. The first-order chi connectivity index (χ1) is 14.6. The van der Waals surface area contributed by atoms with E-state index in [1.54, 1.807) is 11.0 Å². The van der Waals surface area contributed by atoms with E-state index in [-0.39, 0.29) is 17.1 Å². The van der Waals surface area contributed by atoms with Gasteiger partial charge in [-0.05, 0) is 83.3 Å². The number of piperidine rings is 2. The fourth-order valence-electron chi connectivity index (χ4n) is 6.24. The predicted octanol–water partition coefficient (Wildman–Crippen LogP) is 3.39. The molecule has 4 aliphatic heterocycles. The van der Waals surface area contributed by atoms with Crippen molar-refractivity contribution in [1.29, 1.82) is 0 Å². The summed E-state index contributed by atoms with van der Waals surface area (Å²) in [6.45, 7) is 7.89. The number of halogens is 1. The lowest BCUT2D eigenvalue weighted by Gasteiger charge is -2.38. The average Bonchev–Trinajstić information content (AvgIpc) is 3.36. The molecule has 0 bridgehead atoms. The van der Waals surface area contributed by atoms with Gasteiger partial charge in [0.25, 0.3) is 0 Å². The molecular formula is C24H35FN4O. The van der Waals surface area contributed by atoms with Crippen LogP contribution in [0.2, 0.25) is 0 Å². The molecule has 1 N–H and O–H groups in total. The van der Waals surface area contributed by atoms with Crippen molar-refractivity contribution in [3.05, 3.63) is 24.0 Å². The van der Waals surface area contributed by atoms with E-state index in [0.29, 0.717) is 24.3 Å². The molecule has 4 heterocycles. The van der Waals surface area contributed by atoms with Crippen LogP contribution < -0.4 is 15.1 Å². The van der Waals surface area contributed by atoms with Gasteiger partial charge in [0, 0.05) is 37.4 Å². The summed E-state index contributed by atoms with van der Waals surface area (Å²) in [6.07, 6.45) is 7.66. The van der Waals surface area contributed by atoms with Crippen LogP contribution in [0.15, 0.2) is 18.2 Å². The number of hydrogen-bond acceptors (Lipinski definition) is 4. The number of hydrogen-bond donors (Lipinski definition) is 1. The summed E-state index contributed by atoms with van der Waals surface area (Å²) < 4.78 is 15.2. The minimum absolute atomic E-state index is 0.121. The molecule has 0 unspecified atom stereocenters. The molecule has 30 heavy (non-hydrogen) atoms. The number of amides is 1. The molecule has 2 atom stereocenters. The molecule has 6 heteroatoms. The summed E-state index contributed by atoms with van der Waals surface area (Å²) in [6, 6.07) is 6.73. The van der Waals surface area contributed by atoms with E-state index in [0.717, 1.165) is 57.5 Å². The third-order valence-corrected chi connectivity index (χ3v) is 8.15. The average molecular weight is 415 g/mol. The second-order valence-electron chi connectivity index (χ2n) is 9.84. The van der Waals surface area contributed by atoms with Gasteiger partial charge < -0.3 is 15.1 Å². The predicted molar refractivity (Wildman–Crippen MR) is 119 cm³/mol. The Morgan fingerprint density at radius 3 is 2.67 bits per heavy atom. The van der Waals surface area contributed by atoms with Gasteiger partial charge in [0.2, 0.25) is 5.91 Å². The van der Waals surface area contributed by atoms with Gasteiger partial charge in [0.1, 0.15) is 5.82 Å². The monoisotopic (exact) mass is 414 g/mol. The number of carbonyl (C=O) groups is 1. The Morgan fingerprint density at radius 2 is 1.90 bits per heavy atom. The Kier molecular flexibility index (Phi) is 5.48. The second-order valence-corrected chi connectivity index (χ2v) is 9.84. The van der Waals surface area contributed by atoms with Crippen LogP contribution in [-0.2, 0) is 4.79 Å². The normalized spacial score (nSPS) is 29.9. The zero-order valence-electron chi connectivity index (χ0n) is 18.2. The maximum Gasteiger partial charge on any atom is 0.233 e. The first-order valence-corrected chi connectivity index (χ1v) is 11.9. The summed E-state index contributed by atoms with van der Waals surface area (Å²) in [4.78, 5) is 19.8. The molecule has 0 aliphatic carbocycles. The van der Waals surface area contributed by atoms with Crippen molar-refractivity contribution in [3.8, 4) is 0 Å². The van der Waals surface area contributed by atoms with Crippen molar-refractivity contribution in [1.82, 2.24) is 10.2 Å². The molecule has 1 aromatic carbocycles. The van der Waals surface area contributed by atoms with E-state index in [1.807, 2.05) is 12.1 Å². The zero-order valence-corrected chi connectivity index (χ0v) is 18.2. The topological polar surface area (TPSA) is 38.8 Å². The summed E-state index contributed by atoms with van der Waals surface area (Å²) in [5.74, 6) is -0.141. The lowest BCUT2D eigenvalue weighted by Crippen LogP contribution is -2.46. The quantitative estimate of drug-likeness (QED) is 0.823. The van der Waals surface area contributed by atoms with Crippen molar-refractivity contribution >= 4 is 17.3 Å². The van der Waals surface area contributed by atoms with E-state index < -0.39 is 0 Å². The van der Waals surface area contributed by atoms with Crippen molar-refractivity contribution in [2.24, 2.45) is 5.41 Å². The number of rotatable bonds is 3. The molecule has 5 rings (SSSR count). The van der Waals surface area contributed by atoms with E-state index in [9.17, 15) is 4.79 Å². The van der Waals surface area contributed by atoms with E-state index in [2.05, 4.69) is 22.0 Å². The minimum Gasteiger partial charge on any atom is -0.370 e. The van der Waals surface area contributed by atoms with Crippen molar-refractivity contribution in [3.63, 3.8) is 0 Å². The molecule has 4 aliphatic rings. The molecule has 0 aromatic heterocycles. The molecule has 0 radical (unpaired) electrons. The van der Waals surface area contributed by atoms with Gasteiger partial charge in [-0.1, -0.05) is 6.42 Å². The molecule has 0 saturated carbocycles. The van der Waals surface area contributed by atoms with Crippen molar-refractivity contribution < 1.29 is 9.18 Å².